The molecule has 0 radical (unpaired) electrons. The fourth-order valence-corrected chi connectivity index (χ4v) is 5.75. The molecule has 2 N–H and O–H groups in total. The maximum Gasteiger partial charge on any atom is 0.255 e. The van der Waals surface area contributed by atoms with Crippen LogP contribution in [0.5, 0.6) is 5.75 Å². The van der Waals surface area contributed by atoms with Crippen LogP contribution in [0.3, 0.4) is 0 Å². The normalized spacial score (nSPS) is 20.4. The highest BCUT2D eigenvalue weighted by atomic mass is 79.9. The van der Waals surface area contributed by atoms with Crippen LogP contribution in [0.4, 0.5) is 4.39 Å². The Kier molecular flexibility index (Phi) is 5.80. The Balaban J connectivity index is 1.47. The molecule has 1 amide bonds. The number of ether oxygens (including phenoxy) is 1. The van der Waals surface area contributed by atoms with E-state index in [4.69, 9.17) is 15.6 Å². The van der Waals surface area contributed by atoms with E-state index in [0.717, 1.165) is 38.9 Å². The number of aromatic nitrogens is 3. The number of rotatable bonds is 5. The SMILES string of the molecule is COc1cc(C(=O)N2C[C@H](N)C[C@@H](F)C2)cn2nc(-c3cc4ccc(Br)cc4n3CC3CC3)c(C)c12. The van der Waals surface area contributed by atoms with Gasteiger partial charge in [0.1, 0.15) is 23.1 Å². The number of likely N-dealkylation sites (tertiary alicyclic amines) is 1. The number of carbonyl (C=O) groups excluding carboxylic acids is 1. The van der Waals surface area contributed by atoms with Gasteiger partial charge in [-0.25, -0.2) is 8.91 Å². The Morgan fingerprint density at radius 2 is 2.06 bits per heavy atom. The largest absolute Gasteiger partial charge is 0.494 e. The van der Waals surface area contributed by atoms with Crippen molar-refractivity contribution in [1.82, 2.24) is 19.1 Å². The summed E-state index contributed by atoms with van der Waals surface area (Å²) in [7, 11) is 1.59. The lowest BCUT2D eigenvalue weighted by Gasteiger charge is -2.33. The summed E-state index contributed by atoms with van der Waals surface area (Å²) in [6.07, 6.45) is 3.37. The molecule has 0 unspecified atom stereocenters. The number of benzene rings is 1. The lowest BCUT2D eigenvalue weighted by molar-refractivity contribution is 0.0606. The molecule has 1 aromatic carbocycles. The minimum absolute atomic E-state index is 0.0487. The van der Waals surface area contributed by atoms with Crippen LogP contribution < -0.4 is 10.5 Å². The van der Waals surface area contributed by atoms with Gasteiger partial charge in [-0.3, -0.25) is 4.79 Å². The summed E-state index contributed by atoms with van der Waals surface area (Å²) in [6.45, 7) is 3.37. The molecule has 1 saturated heterocycles. The number of nitrogens with zero attached hydrogens (tertiary/aromatic N) is 4. The van der Waals surface area contributed by atoms with Crippen molar-refractivity contribution in [3.05, 3.63) is 52.1 Å². The van der Waals surface area contributed by atoms with Gasteiger partial charge in [0, 0.05) is 46.3 Å². The van der Waals surface area contributed by atoms with Crippen molar-refractivity contribution in [2.45, 2.75) is 44.9 Å². The zero-order chi connectivity index (χ0) is 25.1. The summed E-state index contributed by atoms with van der Waals surface area (Å²) in [5.74, 6) is 0.975. The lowest BCUT2D eigenvalue weighted by Crippen LogP contribution is -2.50. The number of hydrogen-bond acceptors (Lipinski definition) is 4. The number of hydrogen-bond donors (Lipinski definition) is 1. The number of methoxy groups -OCH3 is 1. The number of halogens is 2. The number of carbonyl (C=O) groups is 1. The molecule has 2 aliphatic rings. The molecule has 6 rings (SSSR count). The Morgan fingerprint density at radius 1 is 1.25 bits per heavy atom. The summed E-state index contributed by atoms with van der Waals surface area (Å²) in [5, 5.41) is 6.11. The van der Waals surface area contributed by atoms with Gasteiger partial charge in [-0.05, 0) is 56.4 Å². The van der Waals surface area contributed by atoms with Crippen molar-refractivity contribution in [3.8, 4) is 17.1 Å². The van der Waals surface area contributed by atoms with Gasteiger partial charge in [0.05, 0.1) is 24.9 Å². The molecule has 1 aliphatic carbocycles. The van der Waals surface area contributed by atoms with Gasteiger partial charge in [-0.1, -0.05) is 22.0 Å². The van der Waals surface area contributed by atoms with E-state index in [2.05, 4.69) is 44.8 Å². The van der Waals surface area contributed by atoms with Gasteiger partial charge in [-0.2, -0.15) is 5.10 Å². The second-order valence-electron chi connectivity index (χ2n) is 10.2. The molecular weight excluding hydrogens is 525 g/mol. The van der Waals surface area contributed by atoms with Gasteiger partial charge < -0.3 is 19.9 Å². The predicted molar refractivity (Wildman–Crippen MR) is 141 cm³/mol. The van der Waals surface area contributed by atoms with Crippen molar-refractivity contribution in [3.63, 3.8) is 0 Å². The molecule has 1 saturated carbocycles. The van der Waals surface area contributed by atoms with E-state index in [1.54, 1.807) is 23.9 Å². The van der Waals surface area contributed by atoms with Gasteiger partial charge in [0.2, 0.25) is 0 Å². The van der Waals surface area contributed by atoms with Gasteiger partial charge in [0.15, 0.2) is 0 Å². The molecule has 188 valence electrons. The Hall–Kier alpha value is -2.91. The van der Waals surface area contributed by atoms with Crippen LogP contribution >= 0.6 is 15.9 Å². The van der Waals surface area contributed by atoms with E-state index >= 15 is 0 Å². The molecule has 0 spiro atoms. The molecule has 3 aromatic heterocycles. The monoisotopic (exact) mass is 553 g/mol. The topological polar surface area (TPSA) is 77.8 Å². The van der Waals surface area contributed by atoms with Gasteiger partial charge in [0.25, 0.3) is 5.91 Å². The summed E-state index contributed by atoms with van der Waals surface area (Å²) in [6, 6.07) is 9.88. The highest BCUT2D eigenvalue weighted by molar-refractivity contribution is 9.10. The number of fused-ring (bicyclic) bond motifs is 2. The first-order valence-electron chi connectivity index (χ1n) is 12.4. The molecule has 7 nitrogen and oxygen atoms in total. The average molecular weight is 554 g/mol. The van der Waals surface area contributed by atoms with E-state index in [9.17, 15) is 9.18 Å². The first kappa shape index (κ1) is 23.5. The van der Waals surface area contributed by atoms with Crippen LogP contribution in [0.25, 0.3) is 27.8 Å². The smallest absolute Gasteiger partial charge is 0.255 e. The zero-order valence-electron chi connectivity index (χ0n) is 20.4. The van der Waals surface area contributed by atoms with Crippen molar-refractivity contribution < 1.29 is 13.9 Å². The molecule has 9 heteroatoms. The Morgan fingerprint density at radius 3 is 2.78 bits per heavy atom. The quantitative estimate of drug-likeness (QED) is 0.379. The predicted octanol–water partition coefficient (Wildman–Crippen LogP) is 4.96. The third-order valence-electron chi connectivity index (χ3n) is 7.36. The van der Waals surface area contributed by atoms with Crippen LogP contribution in [0.1, 0.15) is 35.2 Å². The van der Waals surface area contributed by atoms with Gasteiger partial charge >= 0.3 is 0 Å². The van der Waals surface area contributed by atoms with Crippen molar-refractivity contribution in [2.24, 2.45) is 11.7 Å². The van der Waals surface area contributed by atoms with Crippen molar-refractivity contribution in [2.75, 3.05) is 20.2 Å². The van der Waals surface area contributed by atoms with E-state index in [1.807, 2.05) is 6.92 Å². The molecule has 4 aromatic rings. The Bertz CT molecular complexity index is 1480. The number of piperidine rings is 1. The molecule has 1 aliphatic heterocycles. The average Bonchev–Trinajstić information content (AvgIpc) is 3.52. The number of pyridine rings is 1. The van der Waals surface area contributed by atoms with Crippen LogP contribution in [-0.2, 0) is 6.54 Å². The maximum absolute atomic E-state index is 14.1. The van der Waals surface area contributed by atoms with E-state index in [0.29, 0.717) is 23.8 Å². The third-order valence-corrected chi connectivity index (χ3v) is 7.85. The minimum atomic E-state index is -1.12. The van der Waals surface area contributed by atoms with E-state index < -0.39 is 6.17 Å². The highest BCUT2D eigenvalue weighted by Crippen LogP contribution is 2.39. The van der Waals surface area contributed by atoms with Crippen LogP contribution in [-0.4, -0.2) is 57.4 Å². The number of alkyl halides is 1. The second-order valence-corrected chi connectivity index (χ2v) is 11.1. The second kappa shape index (κ2) is 8.88. The highest BCUT2D eigenvalue weighted by Gasteiger charge is 2.30. The number of nitrogens with two attached hydrogens (primary N) is 1. The fraction of sp³-hybridized carbons (Fsp3) is 0.407. The number of aryl methyl sites for hydroxylation is 1. The van der Waals surface area contributed by atoms with Crippen LogP contribution in [0, 0.1) is 12.8 Å². The minimum Gasteiger partial charge on any atom is -0.494 e. The molecule has 0 bridgehead atoms. The van der Waals surface area contributed by atoms with Crippen LogP contribution in [0.15, 0.2) is 41.0 Å². The molecule has 4 heterocycles. The molecule has 36 heavy (non-hydrogen) atoms. The summed E-state index contributed by atoms with van der Waals surface area (Å²) in [5.41, 5.74) is 11.3. The van der Waals surface area contributed by atoms with Crippen LogP contribution in [0.2, 0.25) is 0 Å². The summed E-state index contributed by atoms with van der Waals surface area (Å²) in [4.78, 5) is 14.8. The summed E-state index contributed by atoms with van der Waals surface area (Å²) >= 11 is 3.62. The summed E-state index contributed by atoms with van der Waals surface area (Å²) < 4.78 is 25.0. The molecular formula is C27H29BrFN5O2. The van der Waals surface area contributed by atoms with E-state index in [1.165, 1.54) is 23.3 Å². The van der Waals surface area contributed by atoms with E-state index in [-0.39, 0.29) is 24.9 Å². The Labute approximate surface area is 217 Å². The molecule has 2 atom stereocenters. The first-order chi connectivity index (χ1) is 17.3. The standard InChI is InChI=1S/C27H29BrFN5O2/c1-15-25(23-7-17-5-6-19(28)9-22(17)33(23)11-16-3-4-16)31-34-12-18(8-24(36-2)26(15)34)27(35)32-13-20(29)10-21(30)14-32/h5-9,12,16,20-21H,3-4,10-11,13-14,30H2,1-2H3/t20-,21-/m1/s1. The lowest BCUT2D eigenvalue weighted by atomic mass is 10.0. The fourth-order valence-electron chi connectivity index (χ4n) is 5.40. The maximum atomic E-state index is 14.1. The van der Waals surface area contributed by atoms with Crippen molar-refractivity contribution >= 4 is 38.3 Å². The van der Waals surface area contributed by atoms with Crippen molar-refractivity contribution in [1.29, 1.82) is 0 Å². The third kappa shape index (κ3) is 4.08. The molecule has 2 fully saturated rings. The first-order valence-corrected chi connectivity index (χ1v) is 13.2. The zero-order valence-corrected chi connectivity index (χ0v) is 22.0. The van der Waals surface area contributed by atoms with Gasteiger partial charge in [-0.15, -0.1) is 0 Å². The number of amides is 1.